The second-order valence-electron chi connectivity index (χ2n) is 5.53. The van der Waals surface area contributed by atoms with E-state index in [1.807, 2.05) is 13.0 Å². The standard InChI is InChI=1S/C15H21FO/c1-10-3-5-12(6-4-10)15(17)13-7-11(2)8-14(16)9-13/h7-10,12,15,17H,3-6H2,1-2H3. The van der Waals surface area contributed by atoms with Crippen LogP contribution in [0.5, 0.6) is 0 Å². The van der Waals surface area contributed by atoms with Crippen molar-refractivity contribution < 1.29 is 9.50 Å². The van der Waals surface area contributed by atoms with E-state index >= 15 is 0 Å². The number of rotatable bonds is 2. The van der Waals surface area contributed by atoms with Crippen LogP contribution in [0.3, 0.4) is 0 Å². The van der Waals surface area contributed by atoms with Crippen molar-refractivity contribution in [3.05, 3.63) is 35.1 Å². The Kier molecular flexibility index (Phi) is 3.82. The molecule has 1 aromatic carbocycles. The van der Waals surface area contributed by atoms with E-state index in [1.54, 1.807) is 0 Å². The van der Waals surface area contributed by atoms with E-state index in [-0.39, 0.29) is 5.82 Å². The van der Waals surface area contributed by atoms with Crippen molar-refractivity contribution in [3.63, 3.8) is 0 Å². The average molecular weight is 236 g/mol. The summed E-state index contributed by atoms with van der Waals surface area (Å²) in [5.74, 6) is 0.823. The molecule has 0 aromatic heterocycles. The molecular weight excluding hydrogens is 215 g/mol. The first-order valence-electron chi connectivity index (χ1n) is 6.51. The molecule has 0 spiro atoms. The molecule has 1 aliphatic carbocycles. The first kappa shape index (κ1) is 12.6. The lowest BCUT2D eigenvalue weighted by molar-refractivity contribution is 0.0752. The highest BCUT2D eigenvalue weighted by Gasteiger charge is 2.25. The van der Waals surface area contributed by atoms with Crippen molar-refractivity contribution in [1.29, 1.82) is 0 Å². The third-order valence-corrected chi connectivity index (χ3v) is 3.91. The highest BCUT2D eigenvalue weighted by atomic mass is 19.1. The highest BCUT2D eigenvalue weighted by molar-refractivity contribution is 5.25. The summed E-state index contributed by atoms with van der Waals surface area (Å²) >= 11 is 0. The number of aliphatic hydroxyl groups is 1. The molecule has 1 N–H and O–H groups in total. The third-order valence-electron chi connectivity index (χ3n) is 3.91. The van der Waals surface area contributed by atoms with Crippen LogP contribution in [0.1, 0.15) is 49.8 Å². The maximum atomic E-state index is 13.3. The van der Waals surface area contributed by atoms with E-state index in [0.29, 0.717) is 5.92 Å². The molecule has 1 atom stereocenters. The molecule has 1 saturated carbocycles. The molecule has 1 aliphatic rings. The lowest BCUT2D eigenvalue weighted by Gasteiger charge is -2.30. The molecular formula is C15H21FO. The number of hydrogen-bond donors (Lipinski definition) is 1. The summed E-state index contributed by atoms with van der Waals surface area (Å²) < 4.78 is 13.3. The molecule has 94 valence electrons. The molecule has 0 heterocycles. The van der Waals surface area contributed by atoms with Crippen molar-refractivity contribution in [2.75, 3.05) is 0 Å². The molecule has 1 aromatic rings. The summed E-state index contributed by atoms with van der Waals surface area (Å²) in [6.45, 7) is 4.12. The number of hydrogen-bond acceptors (Lipinski definition) is 1. The molecule has 17 heavy (non-hydrogen) atoms. The Morgan fingerprint density at radius 3 is 2.41 bits per heavy atom. The molecule has 1 fully saturated rings. The van der Waals surface area contributed by atoms with Gasteiger partial charge in [0.15, 0.2) is 0 Å². The number of aryl methyl sites for hydroxylation is 1. The number of aliphatic hydroxyl groups excluding tert-OH is 1. The summed E-state index contributed by atoms with van der Waals surface area (Å²) in [5, 5.41) is 10.3. The lowest BCUT2D eigenvalue weighted by Crippen LogP contribution is -2.19. The number of benzene rings is 1. The first-order valence-corrected chi connectivity index (χ1v) is 6.51. The van der Waals surface area contributed by atoms with Gasteiger partial charge in [0.2, 0.25) is 0 Å². The van der Waals surface area contributed by atoms with E-state index in [4.69, 9.17) is 0 Å². The van der Waals surface area contributed by atoms with Gasteiger partial charge >= 0.3 is 0 Å². The van der Waals surface area contributed by atoms with E-state index in [0.717, 1.165) is 29.9 Å². The van der Waals surface area contributed by atoms with Crippen LogP contribution in [-0.2, 0) is 0 Å². The molecule has 2 heteroatoms. The Morgan fingerprint density at radius 1 is 1.18 bits per heavy atom. The zero-order valence-electron chi connectivity index (χ0n) is 10.6. The quantitative estimate of drug-likeness (QED) is 0.823. The summed E-state index contributed by atoms with van der Waals surface area (Å²) in [6, 6.07) is 4.86. The minimum atomic E-state index is -0.503. The van der Waals surface area contributed by atoms with E-state index in [1.165, 1.54) is 25.0 Å². The van der Waals surface area contributed by atoms with Gasteiger partial charge in [-0.1, -0.05) is 25.8 Å². The minimum Gasteiger partial charge on any atom is -0.388 e. The summed E-state index contributed by atoms with van der Waals surface area (Å²) in [5.41, 5.74) is 1.62. The number of halogens is 1. The molecule has 2 rings (SSSR count). The van der Waals surface area contributed by atoms with Crippen LogP contribution < -0.4 is 0 Å². The molecule has 0 saturated heterocycles. The van der Waals surface area contributed by atoms with Crippen molar-refractivity contribution in [2.24, 2.45) is 11.8 Å². The Morgan fingerprint density at radius 2 is 1.82 bits per heavy atom. The molecule has 1 unspecified atom stereocenters. The van der Waals surface area contributed by atoms with Gasteiger partial charge in [-0.2, -0.15) is 0 Å². The SMILES string of the molecule is Cc1cc(F)cc(C(O)C2CCC(C)CC2)c1. The molecule has 0 radical (unpaired) electrons. The lowest BCUT2D eigenvalue weighted by atomic mass is 9.78. The van der Waals surface area contributed by atoms with Gasteiger partial charge < -0.3 is 5.11 Å². The summed E-state index contributed by atoms with van der Waals surface area (Å²) in [4.78, 5) is 0. The largest absolute Gasteiger partial charge is 0.388 e. The Labute approximate surface area is 103 Å². The second kappa shape index (κ2) is 5.18. The minimum absolute atomic E-state index is 0.247. The van der Waals surface area contributed by atoms with Gasteiger partial charge in [0.05, 0.1) is 6.10 Å². The van der Waals surface area contributed by atoms with Gasteiger partial charge in [-0.3, -0.25) is 0 Å². The van der Waals surface area contributed by atoms with Crippen molar-refractivity contribution in [1.82, 2.24) is 0 Å². The summed E-state index contributed by atoms with van der Waals surface area (Å²) in [6.07, 6.45) is 3.96. The van der Waals surface area contributed by atoms with Crippen LogP contribution in [0, 0.1) is 24.6 Å². The van der Waals surface area contributed by atoms with Crippen molar-refractivity contribution in [2.45, 2.75) is 45.6 Å². The predicted octanol–water partition coefficient (Wildman–Crippen LogP) is 3.99. The van der Waals surface area contributed by atoms with E-state index < -0.39 is 6.10 Å². The summed E-state index contributed by atoms with van der Waals surface area (Å²) in [7, 11) is 0. The fourth-order valence-electron chi connectivity index (χ4n) is 2.81. The molecule has 1 nitrogen and oxygen atoms in total. The maximum Gasteiger partial charge on any atom is 0.123 e. The van der Waals surface area contributed by atoms with Crippen LogP contribution in [0.4, 0.5) is 4.39 Å². The van der Waals surface area contributed by atoms with Crippen LogP contribution in [0.2, 0.25) is 0 Å². The van der Waals surface area contributed by atoms with Gasteiger partial charge in [0.25, 0.3) is 0 Å². The Bertz CT molecular complexity index is 360. The monoisotopic (exact) mass is 236 g/mol. The Hall–Kier alpha value is -0.890. The molecule has 0 aliphatic heterocycles. The van der Waals surface area contributed by atoms with Crippen LogP contribution in [0.25, 0.3) is 0 Å². The first-order chi connectivity index (χ1) is 8.06. The third kappa shape index (κ3) is 3.06. The van der Waals surface area contributed by atoms with Crippen molar-refractivity contribution >= 4 is 0 Å². The normalized spacial score (nSPS) is 26.8. The maximum absolute atomic E-state index is 13.3. The smallest absolute Gasteiger partial charge is 0.123 e. The molecule has 0 amide bonds. The fraction of sp³-hybridized carbons (Fsp3) is 0.600. The van der Waals surface area contributed by atoms with E-state index in [2.05, 4.69) is 6.92 Å². The zero-order chi connectivity index (χ0) is 12.4. The van der Waals surface area contributed by atoms with Crippen molar-refractivity contribution in [3.8, 4) is 0 Å². The van der Waals surface area contributed by atoms with Gasteiger partial charge in [-0.25, -0.2) is 4.39 Å². The van der Waals surface area contributed by atoms with Gasteiger partial charge in [0.1, 0.15) is 5.82 Å². The fourth-order valence-corrected chi connectivity index (χ4v) is 2.81. The van der Waals surface area contributed by atoms with Crippen LogP contribution >= 0.6 is 0 Å². The van der Waals surface area contributed by atoms with Crippen LogP contribution in [0.15, 0.2) is 18.2 Å². The highest BCUT2D eigenvalue weighted by Crippen LogP contribution is 2.36. The predicted molar refractivity (Wildman–Crippen MR) is 67.2 cm³/mol. The molecule has 0 bridgehead atoms. The van der Waals surface area contributed by atoms with Gasteiger partial charge in [0, 0.05) is 0 Å². The Balaban J connectivity index is 2.10. The van der Waals surface area contributed by atoms with Crippen LogP contribution in [-0.4, -0.2) is 5.11 Å². The van der Waals surface area contributed by atoms with Gasteiger partial charge in [-0.05, 0) is 54.9 Å². The topological polar surface area (TPSA) is 20.2 Å². The van der Waals surface area contributed by atoms with E-state index in [9.17, 15) is 9.50 Å². The van der Waals surface area contributed by atoms with Gasteiger partial charge in [-0.15, -0.1) is 0 Å². The average Bonchev–Trinajstić information content (AvgIpc) is 2.28. The zero-order valence-corrected chi connectivity index (χ0v) is 10.6. The second-order valence-corrected chi connectivity index (χ2v) is 5.53.